The van der Waals surface area contributed by atoms with Crippen LogP contribution in [0.15, 0.2) is 0 Å². The molecule has 5 nitrogen and oxygen atoms in total. The maximum absolute atomic E-state index is 11.0. The largest absolute Gasteiger partial charge is 0.480 e. The Balaban J connectivity index is 4.60. The molecule has 0 aliphatic rings. The van der Waals surface area contributed by atoms with Crippen LogP contribution in [0.1, 0.15) is 13.8 Å². The standard InChI is InChI=1S/C7H13NO4/c1-7(2,6(11)12-3)4(8)5(9)10/h4H,8H2,1-3H3,(H,9,10)/t4-/m0/s1. The van der Waals surface area contributed by atoms with Gasteiger partial charge in [-0.2, -0.15) is 0 Å². The number of aliphatic carboxylic acids is 1. The fraction of sp³-hybridized carbons (Fsp3) is 0.714. The summed E-state index contributed by atoms with van der Waals surface area (Å²) in [7, 11) is 1.19. The van der Waals surface area contributed by atoms with E-state index in [9.17, 15) is 9.59 Å². The highest BCUT2D eigenvalue weighted by molar-refractivity contribution is 5.86. The zero-order valence-electron chi connectivity index (χ0n) is 7.33. The second-order valence-electron chi connectivity index (χ2n) is 3.03. The molecule has 12 heavy (non-hydrogen) atoms. The Kier molecular flexibility index (Phi) is 3.21. The fourth-order valence-corrected chi connectivity index (χ4v) is 0.699. The third-order valence-electron chi connectivity index (χ3n) is 1.76. The van der Waals surface area contributed by atoms with Crippen molar-refractivity contribution in [2.45, 2.75) is 19.9 Å². The lowest BCUT2D eigenvalue weighted by atomic mass is 9.85. The minimum atomic E-state index is -1.25. The molecule has 0 aliphatic heterocycles. The van der Waals surface area contributed by atoms with Crippen molar-refractivity contribution >= 4 is 11.9 Å². The lowest BCUT2D eigenvalue weighted by Gasteiger charge is -2.24. The molecule has 0 unspecified atom stereocenters. The van der Waals surface area contributed by atoms with Gasteiger partial charge in [-0.25, -0.2) is 0 Å². The Bertz CT molecular complexity index is 200. The first-order chi connectivity index (χ1) is 5.34. The Morgan fingerprint density at radius 2 is 1.92 bits per heavy atom. The average Bonchev–Trinajstić information content (AvgIpc) is 2.01. The summed E-state index contributed by atoms with van der Waals surface area (Å²) in [6.45, 7) is 2.86. The van der Waals surface area contributed by atoms with Crippen LogP contribution in [0.5, 0.6) is 0 Å². The number of hydrogen-bond donors (Lipinski definition) is 2. The number of ether oxygens (including phenoxy) is 1. The number of hydrogen-bond acceptors (Lipinski definition) is 4. The van der Waals surface area contributed by atoms with Gasteiger partial charge in [-0.3, -0.25) is 9.59 Å². The molecule has 0 bridgehead atoms. The van der Waals surface area contributed by atoms with Gasteiger partial charge in [0.05, 0.1) is 12.5 Å². The quantitative estimate of drug-likeness (QED) is 0.569. The second kappa shape index (κ2) is 3.53. The van der Waals surface area contributed by atoms with Crippen molar-refractivity contribution in [1.82, 2.24) is 0 Å². The molecule has 1 atom stereocenters. The number of methoxy groups -OCH3 is 1. The van der Waals surface area contributed by atoms with E-state index in [0.29, 0.717) is 0 Å². The van der Waals surface area contributed by atoms with E-state index >= 15 is 0 Å². The third-order valence-corrected chi connectivity index (χ3v) is 1.76. The molecule has 0 saturated heterocycles. The molecule has 0 aliphatic carbocycles. The normalized spacial score (nSPS) is 13.7. The van der Waals surface area contributed by atoms with E-state index in [1.807, 2.05) is 0 Å². The number of carboxylic acids is 1. The van der Waals surface area contributed by atoms with E-state index in [4.69, 9.17) is 10.8 Å². The molecule has 0 aromatic carbocycles. The van der Waals surface area contributed by atoms with Crippen molar-refractivity contribution in [2.75, 3.05) is 7.11 Å². The first-order valence-electron chi connectivity index (χ1n) is 3.40. The maximum atomic E-state index is 11.0. The molecular formula is C7H13NO4. The van der Waals surface area contributed by atoms with Gasteiger partial charge in [0, 0.05) is 0 Å². The van der Waals surface area contributed by atoms with E-state index in [1.54, 1.807) is 0 Å². The van der Waals surface area contributed by atoms with E-state index in [-0.39, 0.29) is 0 Å². The molecule has 70 valence electrons. The maximum Gasteiger partial charge on any atom is 0.321 e. The summed E-state index contributed by atoms with van der Waals surface area (Å²) in [6, 6.07) is -1.25. The summed E-state index contributed by atoms with van der Waals surface area (Å²) >= 11 is 0. The summed E-state index contributed by atoms with van der Waals surface area (Å²) in [4.78, 5) is 21.4. The first-order valence-corrected chi connectivity index (χ1v) is 3.40. The molecule has 3 N–H and O–H groups in total. The smallest absolute Gasteiger partial charge is 0.321 e. The Labute approximate surface area is 70.5 Å². The summed E-state index contributed by atoms with van der Waals surface area (Å²) in [5, 5.41) is 8.53. The Morgan fingerprint density at radius 3 is 2.17 bits per heavy atom. The van der Waals surface area contributed by atoms with Crippen molar-refractivity contribution in [2.24, 2.45) is 11.1 Å². The molecule has 0 aromatic rings. The Morgan fingerprint density at radius 1 is 1.50 bits per heavy atom. The Hall–Kier alpha value is -1.10. The van der Waals surface area contributed by atoms with Crippen LogP contribution in [0.25, 0.3) is 0 Å². The van der Waals surface area contributed by atoms with Crippen molar-refractivity contribution in [1.29, 1.82) is 0 Å². The van der Waals surface area contributed by atoms with Crippen molar-refractivity contribution in [3.63, 3.8) is 0 Å². The summed E-state index contributed by atoms with van der Waals surface area (Å²) in [6.07, 6.45) is 0. The number of nitrogens with two attached hydrogens (primary N) is 1. The van der Waals surface area contributed by atoms with Crippen LogP contribution in [0.2, 0.25) is 0 Å². The highest BCUT2D eigenvalue weighted by Crippen LogP contribution is 2.20. The van der Waals surface area contributed by atoms with Crippen molar-refractivity contribution in [3.05, 3.63) is 0 Å². The van der Waals surface area contributed by atoms with Crippen LogP contribution < -0.4 is 5.73 Å². The fourth-order valence-electron chi connectivity index (χ4n) is 0.699. The van der Waals surface area contributed by atoms with Gasteiger partial charge in [0.25, 0.3) is 0 Å². The molecule has 0 aromatic heterocycles. The van der Waals surface area contributed by atoms with E-state index in [2.05, 4.69) is 4.74 Å². The third kappa shape index (κ3) is 1.94. The number of rotatable bonds is 3. The molecular weight excluding hydrogens is 162 g/mol. The van der Waals surface area contributed by atoms with E-state index < -0.39 is 23.4 Å². The topological polar surface area (TPSA) is 89.6 Å². The molecule has 0 spiro atoms. The monoisotopic (exact) mass is 175 g/mol. The number of carboxylic acid groups (broad SMARTS) is 1. The van der Waals surface area contributed by atoms with Crippen LogP contribution in [0.4, 0.5) is 0 Å². The molecule has 0 radical (unpaired) electrons. The van der Waals surface area contributed by atoms with Gasteiger partial charge in [0.2, 0.25) is 0 Å². The zero-order valence-corrected chi connectivity index (χ0v) is 7.33. The van der Waals surface area contributed by atoms with E-state index in [1.165, 1.54) is 21.0 Å². The van der Waals surface area contributed by atoms with Gasteiger partial charge < -0.3 is 15.6 Å². The summed E-state index contributed by atoms with van der Waals surface area (Å²) < 4.78 is 4.40. The lowest BCUT2D eigenvalue weighted by molar-refractivity contribution is -0.158. The average molecular weight is 175 g/mol. The van der Waals surface area contributed by atoms with Crippen LogP contribution in [-0.4, -0.2) is 30.2 Å². The first kappa shape index (κ1) is 10.9. The van der Waals surface area contributed by atoms with Gasteiger partial charge in [0.15, 0.2) is 0 Å². The van der Waals surface area contributed by atoms with Crippen molar-refractivity contribution < 1.29 is 19.4 Å². The van der Waals surface area contributed by atoms with Gasteiger partial charge >= 0.3 is 11.9 Å². The molecule has 0 saturated carbocycles. The van der Waals surface area contributed by atoms with Crippen molar-refractivity contribution in [3.8, 4) is 0 Å². The predicted octanol–water partition coefficient (Wildman–Crippen LogP) is -0.402. The highest BCUT2D eigenvalue weighted by Gasteiger charge is 2.39. The van der Waals surface area contributed by atoms with Gasteiger partial charge in [-0.05, 0) is 13.8 Å². The molecule has 0 heterocycles. The molecule has 0 fully saturated rings. The zero-order chi connectivity index (χ0) is 9.94. The highest BCUT2D eigenvalue weighted by atomic mass is 16.5. The van der Waals surface area contributed by atoms with Crippen LogP contribution in [0, 0.1) is 5.41 Å². The molecule has 5 heteroatoms. The summed E-state index contributed by atoms with van der Waals surface area (Å²) in [5.41, 5.74) is 4.08. The number of esters is 1. The number of carbonyl (C=O) groups excluding carboxylic acids is 1. The molecule has 0 rings (SSSR count). The van der Waals surface area contributed by atoms with Gasteiger partial charge in [0.1, 0.15) is 6.04 Å². The van der Waals surface area contributed by atoms with Crippen LogP contribution >= 0.6 is 0 Å². The minimum Gasteiger partial charge on any atom is -0.480 e. The molecule has 0 amide bonds. The lowest BCUT2D eigenvalue weighted by Crippen LogP contribution is -2.48. The van der Waals surface area contributed by atoms with Gasteiger partial charge in [-0.15, -0.1) is 0 Å². The number of carbonyl (C=O) groups is 2. The van der Waals surface area contributed by atoms with E-state index in [0.717, 1.165) is 0 Å². The SMILES string of the molecule is COC(=O)C(C)(C)[C@@H](N)C(=O)O. The second-order valence-corrected chi connectivity index (χ2v) is 3.03. The predicted molar refractivity (Wildman–Crippen MR) is 41.4 cm³/mol. The minimum absolute atomic E-state index is 0.627. The van der Waals surface area contributed by atoms with Crippen LogP contribution in [-0.2, 0) is 14.3 Å². The van der Waals surface area contributed by atoms with Gasteiger partial charge in [-0.1, -0.05) is 0 Å². The van der Waals surface area contributed by atoms with Crippen LogP contribution in [0.3, 0.4) is 0 Å². The summed E-state index contributed by atoms with van der Waals surface area (Å²) in [5.74, 6) is -1.84.